The number of hydrogen-bond donors (Lipinski definition) is 1. The van der Waals surface area contributed by atoms with Gasteiger partial charge in [0.05, 0.1) is 0 Å². The van der Waals surface area contributed by atoms with Crippen molar-refractivity contribution in [3.8, 4) is 0 Å². The van der Waals surface area contributed by atoms with Gasteiger partial charge in [0.1, 0.15) is 0 Å². The molecular weight excluding hydrogens is 224 g/mol. The summed E-state index contributed by atoms with van der Waals surface area (Å²) in [6.45, 7) is 13.2. The molecule has 106 valence electrons. The minimum atomic E-state index is 0.340. The maximum absolute atomic E-state index is 3.63. The summed E-state index contributed by atoms with van der Waals surface area (Å²) in [4.78, 5) is 7.56. The normalized spacial score (nSPS) is 30.2. The van der Waals surface area contributed by atoms with Gasteiger partial charge in [-0.1, -0.05) is 0 Å². The highest BCUT2D eigenvalue weighted by atomic mass is 15.3. The van der Waals surface area contributed by atoms with Crippen LogP contribution in [0.4, 0.5) is 0 Å². The van der Waals surface area contributed by atoms with Crippen molar-refractivity contribution in [1.29, 1.82) is 0 Å². The second kappa shape index (κ2) is 5.87. The van der Waals surface area contributed by atoms with Crippen LogP contribution in [-0.4, -0.2) is 86.2 Å². The maximum Gasteiger partial charge on any atom is 0.0239 e. The molecule has 4 heteroatoms. The second-order valence-corrected chi connectivity index (χ2v) is 6.80. The predicted octanol–water partition coefficient (Wildman–Crippen LogP) is 0.306. The first-order valence-electron chi connectivity index (χ1n) is 7.32. The monoisotopic (exact) mass is 254 g/mol. The van der Waals surface area contributed by atoms with E-state index >= 15 is 0 Å². The lowest BCUT2D eigenvalue weighted by Gasteiger charge is -2.38. The lowest BCUT2D eigenvalue weighted by Crippen LogP contribution is -2.51. The molecule has 2 fully saturated rings. The van der Waals surface area contributed by atoms with E-state index in [2.05, 4.69) is 48.0 Å². The van der Waals surface area contributed by atoms with Crippen LogP contribution in [-0.2, 0) is 0 Å². The Morgan fingerprint density at radius 3 is 2.33 bits per heavy atom. The molecule has 0 aromatic carbocycles. The van der Waals surface area contributed by atoms with E-state index in [1.165, 1.54) is 52.2 Å². The third-order valence-electron chi connectivity index (χ3n) is 4.35. The topological polar surface area (TPSA) is 21.8 Å². The van der Waals surface area contributed by atoms with Gasteiger partial charge >= 0.3 is 0 Å². The Balaban J connectivity index is 1.70. The summed E-state index contributed by atoms with van der Waals surface area (Å²) >= 11 is 0. The molecule has 0 bridgehead atoms. The van der Waals surface area contributed by atoms with Crippen LogP contribution in [0.5, 0.6) is 0 Å². The molecule has 1 unspecified atom stereocenters. The third-order valence-corrected chi connectivity index (χ3v) is 4.35. The number of likely N-dealkylation sites (N-methyl/N-ethyl adjacent to an activating group) is 1. The van der Waals surface area contributed by atoms with Gasteiger partial charge < -0.3 is 10.2 Å². The Morgan fingerprint density at radius 2 is 1.83 bits per heavy atom. The van der Waals surface area contributed by atoms with Crippen LogP contribution in [0.1, 0.15) is 20.3 Å². The summed E-state index contributed by atoms with van der Waals surface area (Å²) in [6, 6.07) is 0.760. The first-order chi connectivity index (χ1) is 8.46. The van der Waals surface area contributed by atoms with Crippen LogP contribution in [0.2, 0.25) is 0 Å². The predicted molar refractivity (Wildman–Crippen MR) is 77.1 cm³/mol. The summed E-state index contributed by atoms with van der Waals surface area (Å²) in [5.74, 6) is 0. The van der Waals surface area contributed by atoms with Crippen molar-refractivity contribution in [2.75, 3.05) is 59.9 Å². The van der Waals surface area contributed by atoms with Crippen molar-refractivity contribution in [2.45, 2.75) is 31.8 Å². The van der Waals surface area contributed by atoms with Crippen molar-refractivity contribution in [3.63, 3.8) is 0 Å². The minimum Gasteiger partial charge on any atom is -0.310 e. The zero-order chi connectivity index (χ0) is 13.2. The average molecular weight is 254 g/mol. The van der Waals surface area contributed by atoms with Crippen LogP contribution in [0.3, 0.4) is 0 Å². The van der Waals surface area contributed by atoms with E-state index < -0.39 is 0 Å². The summed E-state index contributed by atoms with van der Waals surface area (Å²) in [7, 11) is 4.31. The maximum atomic E-state index is 3.63. The number of nitrogens with zero attached hydrogens (tertiary/aromatic N) is 3. The number of hydrogen-bond acceptors (Lipinski definition) is 4. The van der Waals surface area contributed by atoms with Crippen molar-refractivity contribution >= 4 is 0 Å². The van der Waals surface area contributed by atoms with E-state index in [1.54, 1.807) is 0 Å². The highest BCUT2D eigenvalue weighted by Crippen LogP contribution is 2.22. The molecule has 0 amide bonds. The van der Waals surface area contributed by atoms with Crippen molar-refractivity contribution in [3.05, 3.63) is 0 Å². The van der Waals surface area contributed by atoms with Crippen LogP contribution >= 0.6 is 0 Å². The molecule has 0 aliphatic carbocycles. The molecule has 0 saturated carbocycles. The molecule has 2 heterocycles. The van der Waals surface area contributed by atoms with Gasteiger partial charge in [-0.25, -0.2) is 0 Å². The molecule has 1 atom stereocenters. The fourth-order valence-electron chi connectivity index (χ4n) is 3.08. The van der Waals surface area contributed by atoms with Crippen LogP contribution < -0.4 is 5.32 Å². The summed E-state index contributed by atoms with van der Waals surface area (Å²) in [5, 5.41) is 3.63. The van der Waals surface area contributed by atoms with Gasteiger partial charge in [-0.2, -0.15) is 0 Å². The molecule has 0 aromatic rings. The van der Waals surface area contributed by atoms with Crippen molar-refractivity contribution < 1.29 is 0 Å². The highest BCUT2D eigenvalue weighted by Gasteiger charge is 2.34. The molecular formula is C14H30N4. The van der Waals surface area contributed by atoms with E-state index in [0.717, 1.165) is 6.04 Å². The molecule has 0 aromatic heterocycles. The molecule has 2 aliphatic rings. The lowest BCUT2D eigenvalue weighted by molar-refractivity contribution is 0.0957. The van der Waals surface area contributed by atoms with Gasteiger partial charge in [-0.15, -0.1) is 0 Å². The Hall–Kier alpha value is -0.160. The van der Waals surface area contributed by atoms with Crippen LogP contribution in [0.15, 0.2) is 0 Å². The van der Waals surface area contributed by atoms with Crippen molar-refractivity contribution in [2.24, 2.45) is 0 Å². The Kier molecular flexibility index (Phi) is 4.64. The minimum absolute atomic E-state index is 0.340. The number of nitrogens with one attached hydrogen (secondary N) is 1. The summed E-state index contributed by atoms with van der Waals surface area (Å²) < 4.78 is 0. The van der Waals surface area contributed by atoms with E-state index in [4.69, 9.17) is 0 Å². The Labute approximate surface area is 112 Å². The fraction of sp³-hybridized carbons (Fsp3) is 1.00. The Morgan fingerprint density at radius 1 is 1.17 bits per heavy atom. The van der Waals surface area contributed by atoms with Gasteiger partial charge in [0.25, 0.3) is 0 Å². The van der Waals surface area contributed by atoms with E-state index in [9.17, 15) is 0 Å². The second-order valence-electron chi connectivity index (χ2n) is 6.80. The van der Waals surface area contributed by atoms with Crippen LogP contribution in [0, 0.1) is 0 Å². The largest absolute Gasteiger partial charge is 0.310 e. The third kappa shape index (κ3) is 3.92. The van der Waals surface area contributed by atoms with E-state index in [1.807, 2.05) is 0 Å². The smallest absolute Gasteiger partial charge is 0.0239 e. The first kappa shape index (κ1) is 14.3. The first-order valence-corrected chi connectivity index (χ1v) is 7.32. The van der Waals surface area contributed by atoms with Gasteiger partial charge in [0, 0.05) is 57.4 Å². The molecule has 2 aliphatic heterocycles. The SMILES string of the molecule is CN(C)CCN1CCN(C2CNC(C)(C)C2)CC1. The standard InChI is InChI=1S/C14H30N4/c1-14(2)11-13(12-15-14)18-9-7-17(8-10-18)6-5-16(3)4/h13,15H,5-12H2,1-4H3. The van der Waals surface area contributed by atoms with Gasteiger partial charge in [-0.05, 0) is 34.4 Å². The van der Waals surface area contributed by atoms with Gasteiger partial charge in [0.15, 0.2) is 0 Å². The molecule has 0 radical (unpaired) electrons. The molecule has 4 nitrogen and oxygen atoms in total. The molecule has 18 heavy (non-hydrogen) atoms. The molecule has 2 saturated heterocycles. The Bertz CT molecular complexity index is 257. The number of rotatable bonds is 4. The van der Waals surface area contributed by atoms with Gasteiger partial charge in [0.2, 0.25) is 0 Å². The van der Waals surface area contributed by atoms with Crippen LogP contribution in [0.25, 0.3) is 0 Å². The summed E-state index contributed by atoms with van der Waals surface area (Å²) in [6.07, 6.45) is 1.30. The number of piperazine rings is 1. The molecule has 1 N–H and O–H groups in total. The van der Waals surface area contributed by atoms with E-state index in [-0.39, 0.29) is 0 Å². The van der Waals surface area contributed by atoms with Gasteiger partial charge in [-0.3, -0.25) is 9.80 Å². The average Bonchev–Trinajstić information content (AvgIpc) is 2.68. The zero-order valence-electron chi connectivity index (χ0n) is 12.6. The quantitative estimate of drug-likeness (QED) is 0.779. The lowest BCUT2D eigenvalue weighted by atomic mass is 10.0. The fourth-order valence-corrected chi connectivity index (χ4v) is 3.08. The van der Waals surface area contributed by atoms with E-state index in [0.29, 0.717) is 5.54 Å². The summed E-state index contributed by atoms with van der Waals surface area (Å²) in [5.41, 5.74) is 0.340. The molecule has 2 rings (SSSR count). The van der Waals surface area contributed by atoms with Crippen molar-refractivity contribution in [1.82, 2.24) is 20.0 Å². The highest BCUT2D eigenvalue weighted by molar-refractivity contribution is 4.95. The molecule has 0 spiro atoms. The zero-order valence-corrected chi connectivity index (χ0v) is 12.6.